The summed E-state index contributed by atoms with van der Waals surface area (Å²) in [4.78, 5) is 6.51. The normalized spacial score (nSPS) is 13.9. The lowest BCUT2D eigenvalue weighted by Crippen LogP contribution is -2.46. The Morgan fingerprint density at radius 3 is 2.72 bits per heavy atom. The van der Waals surface area contributed by atoms with Crippen molar-refractivity contribution in [3.8, 4) is 0 Å². The van der Waals surface area contributed by atoms with Crippen molar-refractivity contribution in [2.75, 3.05) is 13.6 Å². The quantitative estimate of drug-likeness (QED) is 0.805. The van der Waals surface area contributed by atoms with Gasteiger partial charge in [-0.1, -0.05) is 13.0 Å². The molecule has 1 N–H and O–H groups in total. The molecule has 0 radical (unpaired) electrons. The Labute approximate surface area is 112 Å². The SMILES string of the molecule is CCC(C)(C)NCC(C)N(C)Cc1cccnc1. The molecule has 0 bridgehead atoms. The zero-order chi connectivity index (χ0) is 13.6. The molecule has 0 fully saturated rings. The predicted octanol–water partition coefficient (Wildman–Crippen LogP) is 2.68. The lowest BCUT2D eigenvalue weighted by molar-refractivity contribution is 0.223. The first-order chi connectivity index (χ1) is 8.44. The molecule has 0 spiro atoms. The van der Waals surface area contributed by atoms with Gasteiger partial charge in [-0.15, -0.1) is 0 Å². The van der Waals surface area contributed by atoms with E-state index in [1.165, 1.54) is 5.56 Å². The molecule has 1 unspecified atom stereocenters. The number of likely N-dealkylation sites (N-methyl/N-ethyl adjacent to an activating group) is 1. The van der Waals surface area contributed by atoms with Gasteiger partial charge in [0.2, 0.25) is 0 Å². The molecule has 0 aliphatic heterocycles. The third kappa shape index (κ3) is 5.15. The molecule has 1 aromatic rings. The zero-order valence-corrected chi connectivity index (χ0v) is 12.4. The van der Waals surface area contributed by atoms with Gasteiger partial charge >= 0.3 is 0 Å². The van der Waals surface area contributed by atoms with Crippen molar-refractivity contribution in [2.24, 2.45) is 0 Å². The van der Waals surface area contributed by atoms with E-state index in [1.54, 1.807) is 0 Å². The minimum Gasteiger partial charge on any atom is -0.310 e. The van der Waals surface area contributed by atoms with Gasteiger partial charge in [-0.3, -0.25) is 9.88 Å². The Morgan fingerprint density at radius 1 is 1.44 bits per heavy atom. The molecule has 1 atom stereocenters. The van der Waals surface area contributed by atoms with Crippen LogP contribution in [0.25, 0.3) is 0 Å². The van der Waals surface area contributed by atoms with Crippen molar-refractivity contribution >= 4 is 0 Å². The van der Waals surface area contributed by atoms with E-state index in [9.17, 15) is 0 Å². The Kier molecular flexibility index (Phi) is 5.76. The largest absolute Gasteiger partial charge is 0.310 e. The van der Waals surface area contributed by atoms with Crippen LogP contribution in [-0.2, 0) is 6.54 Å². The Morgan fingerprint density at radius 2 is 2.17 bits per heavy atom. The van der Waals surface area contributed by atoms with Gasteiger partial charge in [0.1, 0.15) is 0 Å². The molecule has 102 valence electrons. The summed E-state index contributed by atoms with van der Waals surface area (Å²) < 4.78 is 0. The van der Waals surface area contributed by atoms with Gasteiger partial charge in [0.15, 0.2) is 0 Å². The van der Waals surface area contributed by atoms with Gasteiger partial charge in [-0.25, -0.2) is 0 Å². The van der Waals surface area contributed by atoms with E-state index in [0.717, 1.165) is 19.5 Å². The highest BCUT2D eigenvalue weighted by Gasteiger charge is 2.17. The van der Waals surface area contributed by atoms with Crippen LogP contribution in [0.15, 0.2) is 24.5 Å². The maximum Gasteiger partial charge on any atom is 0.0312 e. The molecule has 3 nitrogen and oxygen atoms in total. The van der Waals surface area contributed by atoms with Crippen molar-refractivity contribution in [2.45, 2.75) is 52.2 Å². The van der Waals surface area contributed by atoms with Crippen LogP contribution >= 0.6 is 0 Å². The van der Waals surface area contributed by atoms with Crippen LogP contribution < -0.4 is 5.32 Å². The van der Waals surface area contributed by atoms with Crippen molar-refractivity contribution in [1.82, 2.24) is 15.2 Å². The Balaban J connectivity index is 2.40. The second kappa shape index (κ2) is 6.86. The number of pyridine rings is 1. The first-order valence-electron chi connectivity index (χ1n) is 6.79. The van der Waals surface area contributed by atoms with Crippen molar-refractivity contribution in [3.63, 3.8) is 0 Å². The molecule has 0 saturated carbocycles. The van der Waals surface area contributed by atoms with Gasteiger partial charge in [0, 0.05) is 37.1 Å². The molecule has 0 saturated heterocycles. The number of aromatic nitrogens is 1. The molecule has 3 heteroatoms. The van der Waals surface area contributed by atoms with E-state index in [0.29, 0.717) is 6.04 Å². The van der Waals surface area contributed by atoms with Crippen LogP contribution in [0.4, 0.5) is 0 Å². The van der Waals surface area contributed by atoms with Gasteiger partial charge < -0.3 is 5.32 Å². The highest BCUT2D eigenvalue weighted by Crippen LogP contribution is 2.09. The van der Waals surface area contributed by atoms with Gasteiger partial charge in [0.25, 0.3) is 0 Å². The summed E-state index contributed by atoms with van der Waals surface area (Å²) >= 11 is 0. The van der Waals surface area contributed by atoms with Gasteiger partial charge in [-0.2, -0.15) is 0 Å². The monoisotopic (exact) mass is 249 g/mol. The van der Waals surface area contributed by atoms with Crippen LogP contribution in [0.2, 0.25) is 0 Å². The van der Waals surface area contributed by atoms with Crippen LogP contribution in [0, 0.1) is 0 Å². The van der Waals surface area contributed by atoms with E-state index in [2.05, 4.69) is 56.0 Å². The van der Waals surface area contributed by atoms with Gasteiger partial charge in [0.05, 0.1) is 0 Å². The van der Waals surface area contributed by atoms with Crippen LogP contribution in [0.5, 0.6) is 0 Å². The fourth-order valence-electron chi connectivity index (χ4n) is 1.64. The number of hydrogen-bond donors (Lipinski definition) is 1. The molecule has 0 aliphatic rings. The third-order valence-corrected chi connectivity index (χ3v) is 3.67. The second-order valence-corrected chi connectivity index (χ2v) is 5.74. The molecule has 18 heavy (non-hydrogen) atoms. The number of nitrogens with zero attached hydrogens (tertiary/aromatic N) is 2. The lowest BCUT2D eigenvalue weighted by Gasteiger charge is -2.30. The fourth-order valence-corrected chi connectivity index (χ4v) is 1.64. The van der Waals surface area contributed by atoms with E-state index >= 15 is 0 Å². The highest BCUT2D eigenvalue weighted by molar-refractivity contribution is 5.08. The molecular weight excluding hydrogens is 222 g/mol. The molecule has 0 amide bonds. The topological polar surface area (TPSA) is 28.2 Å². The van der Waals surface area contributed by atoms with Crippen molar-refractivity contribution in [3.05, 3.63) is 30.1 Å². The lowest BCUT2D eigenvalue weighted by atomic mass is 10.0. The second-order valence-electron chi connectivity index (χ2n) is 5.74. The van der Waals surface area contributed by atoms with Gasteiger partial charge in [-0.05, 0) is 45.9 Å². The maximum absolute atomic E-state index is 4.15. The van der Waals surface area contributed by atoms with Crippen molar-refractivity contribution in [1.29, 1.82) is 0 Å². The van der Waals surface area contributed by atoms with E-state index in [-0.39, 0.29) is 5.54 Å². The summed E-state index contributed by atoms with van der Waals surface area (Å²) in [5.74, 6) is 0. The molecular formula is C15H27N3. The molecule has 0 aliphatic carbocycles. The Bertz CT molecular complexity index is 335. The summed E-state index contributed by atoms with van der Waals surface area (Å²) in [6.45, 7) is 10.9. The summed E-state index contributed by atoms with van der Waals surface area (Å²) in [5, 5.41) is 3.62. The fraction of sp³-hybridized carbons (Fsp3) is 0.667. The molecule has 1 aromatic heterocycles. The Hall–Kier alpha value is -0.930. The first-order valence-corrected chi connectivity index (χ1v) is 6.79. The average molecular weight is 249 g/mol. The van der Waals surface area contributed by atoms with E-state index in [1.807, 2.05) is 18.5 Å². The predicted molar refractivity (Wildman–Crippen MR) is 77.5 cm³/mol. The number of nitrogens with one attached hydrogen (secondary N) is 1. The molecule has 0 aromatic carbocycles. The third-order valence-electron chi connectivity index (χ3n) is 3.67. The minimum atomic E-state index is 0.226. The van der Waals surface area contributed by atoms with Crippen molar-refractivity contribution < 1.29 is 0 Å². The number of hydrogen-bond acceptors (Lipinski definition) is 3. The molecule has 1 heterocycles. The summed E-state index contributed by atoms with van der Waals surface area (Å²) in [6.07, 6.45) is 4.90. The van der Waals surface area contributed by atoms with Crippen LogP contribution in [0.1, 0.15) is 39.7 Å². The van der Waals surface area contributed by atoms with Crippen LogP contribution in [-0.4, -0.2) is 35.1 Å². The average Bonchev–Trinajstić information content (AvgIpc) is 2.37. The summed E-state index contributed by atoms with van der Waals surface area (Å²) in [6, 6.07) is 4.63. The van der Waals surface area contributed by atoms with Crippen LogP contribution in [0.3, 0.4) is 0 Å². The smallest absolute Gasteiger partial charge is 0.0312 e. The highest BCUT2D eigenvalue weighted by atomic mass is 15.1. The molecule has 1 rings (SSSR count). The summed E-state index contributed by atoms with van der Waals surface area (Å²) in [5.41, 5.74) is 1.49. The minimum absolute atomic E-state index is 0.226. The van der Waals surface area contributed by atoms with E-state index < -0.39 is 0 Å². The first kappa shape index (κ1) is 15.1. The summed E-state index contributed by atoms with van der Waals surface area (Å²) in [7, 11) is 2.16. The number of rotatable bonds is 7. The maximum atomic E-state index is 4.15. The zero-order valence-electron chi connectivity index (χ0n) is 12.4. The van der Waals surface area contributed by atoms with E-state index in [4.69, 9.17) is 0 Å². The standard InChI is InChI=1S/C15H27N3/c1-6-15(3,4)17-10-13(2)18(5)12-14-8-7-9-16-11-14/h7-9,11,13,17H,6,10,12H2,1-5H3.